The highest BCUT2D eigenvalue weighted by molar-refractivity contribution is 7.98. The molecule has 17 heavy (non-hydrogen) atoms. The molecule has 2 rings (SSSR count). The first-order valence-electron chi connectivity index (χ1n) is 4.81. The molecule has 0 amide bonds. The van der Waals surface area contributed by atoms with Crippen molar-refractivity contribution >= 4 is 11.8 Å². The zero-order valence-corrected chi connectivity index (χ0v) is 9.95. The molecule has 0 unspecified atom stereocenters. The van der Waals surface area contributed by atoms with Crippen LogP contribution in [0.1, 0.15) is 5.56 Å². The van der Waals surface area contributed by atoms with Gasteiger partial charge in [0.05, 0.1) is 7.11 Å². The maximum absolute atomic E-state index is 13.4. The number of hydrogen-bond acceptors (Lipinski definition) is 5. The van der Waals surface area contributed by atoms with E-state index in [4.69, 9.17) is 10.6 Å². The minimum absolute atomic E-state index is 0.237. The average Bonchev–Trinajstić information content (AvgIpc) is 2.72. The van der Waals surface area contributed by atoms with Gasteiger partial charge in [0.2, 0.25) is 5.16 Å². The molecule has 0 atom stereocenters. The average molecular weight is 254 g/mol. The quantitative estimate of drug-likeness (QED) is 0.660. The molecule has 5 nitrogen and oxygen atoms in total. The molecule has 2 aromatic rings. The van der Waals surface area contributed by atoms with E-state index in [1.54, 1.807) is 12.1 Å². The number of nitrogens with zero attached hydrogens (tertiary/aromatic N) is 3. The van der Waals surface area contributed by atoms with Crippen LogP contribution in [0.25, 0.3) is 0 Å². The summed E-state index contributed by atoms with van der Waals surface area (Å²) in [6.07, 6.45) is 1.41. The number of nitrogen functional groups attached to an aromatic ring is 1. The summed E-state index contributed by atoms with van der Waals surface area (Å²) in [5.74, 6) is 5.98. The minimum Gasteiger partial charge on any atom is -0.494 e. The number of hydrogen-bond donors (Lipinski definition) is 1. The molecule has 0 bridgehead atoms. The highest BCUT2D eigenvalue weighted by Crippen LogP contribution is 2.23. The van der Waals surface area contributed by atoms with E-state index in [1.807, 2.05) is 0 Å². The van der Waals surface area contributed by atoms with Crippen LogP contribution in [0.2, 0.25) is 0 Å². The Hall–Kier alpha value is -1.76. The summed E-state index contributed by atoms with van der Waals surface area (Å²) >= 11 is 1.39. The number of nitrogens with two attached hydrogens (primary N) is 1. The van der Waals surface area contributed by atoms with E-state index in [0.717, 1.165) is 5.56 Å². The van der Waals surface area contributed by atoms with Gasteiger partial charge in [-0.05, 0) is 17.7 Å². The van der Waals surface area contributed by atoms with Crippen molar-refractivity contribution in [3.05, 3.63) is 35.9 Å². The lowest BCUT2D eigenvalue weighted by atomic mass is 10.2. The van der Waals surface area contributed by atoms with Crippen molar-refractivity contribution in [1.82, 2.24) is 14.9 Å². The van der Waals surface area contributed by atoms with Gasteiger partial charge in [0.1, 0.15) is 6.33 Å². The fourth-order valence-electron chi connectivity index (χ4n) is 1.28. The standard InChI is InChI=1S/C10H11FN4OS/c1-16-9-3-2-7(4-8(9)11)5-17-10-14-13-6-15(10)12/h2-4,6H,5,12H2,1H3. The van der Waals surface area contributed by atoms with Gasteiger partial charge in [-0.15, -0.1) is 10.2 Å². The first-order valence-corrected chi connectivity index (χ1v) is 5.79. The van der Waals surface area contributed by atoms with Gasteiger partial charge in [-0.1, -0.05) is 17.8 Å². The van der Waals surface area contributed by atoms with E-state index in [9.17, 15) is 4.39 Å². The molecule has 0 fully saturated rings. The SMILES string of the molecule is COc1ccc(CSc2nncn2N)cc1F. The largest absolute Gasteiger partial charge is 0.494 e. The van der Waals surface area contributed by atoms with E-state index >= 15 is 0 Å². The van der Waals surface area contributed by atoms with E-state index < -0.39 is 0 Å². The molecule has 0 aliphatic heterocycles. The Morgan fingerprint density at radius 2 is 2.35 bits per heavy atom. The zero-order valence-electron chi connectivity index (χ0n) is 9.13. The monoisotopic (exact) mass is 254 g/mol. The Morgan fingerprint density at radius 3 is 2.94 bits per heavy atom. The Balaban J connectivity index is 2.05. The topological polar surface area (TPSA) is 66.0 Å². The van der Waals surface area contributed by atoms with Crippen molar-refractivity contribution < 1.29 is 9.13 Å². The van der Waals surface area contributed by atoms with Crippen molar-refractivity contribution in [3.8, 4) is 5.75 Å². The van der Waals surface area contributed by atoms with Crippen LogP contribution in [-0.4, -0.2) is 22.0 Å². The van der Waals surface area contributed by atoms with Crippen molar-refractivity contribution in [2.24, 2.45) is 0 Å². The van der Waals surface area contributed by atoms with E-state index in [0.29, 0.717) is 10.9 Å². The van der Waals surface area contributed by atoms with Gasteiger partial charge < -0.3 is 10.6 Å². The summed E-state index contributed by atoms with van der Waals surface area (Å²) in [6.45, 7) is 0. The molecule has 0 radical (unpaired) electrons. The van der Waals surface area contributed by atoms with Crippen LogP contribution >= 0.6 is 11.8 Å². The molecule has 0 saturated carbocycles. The highest BCUT2D eigenvalue weighted by Gasteiger charge is 2.06. The third kappa shape index (κ3) is 2.68. The van der Waals surface area contributed by atoms with Crippen LogP contribution in [0.4, 0.5) is 4.39 Å². The molecule has 0 aliphatic rings. The fraction of sp³-hybridized carbons (Fsp3) is 0.200. The maximum Gasteiger partial charge on any atom is 0.209 e. The third-order valence-corrected chi connectivity index (χ3v) is 3.15. The van der Waals surface area contributed by atoms with Gasteiger partial charge in [-0.25, -0.2) is 9.07 Å². The predicted molar refractivity (Wildman–Crippen MR) is 62.7 cm³/mol. The molecular formula is C10H11FN4OS. The van der Waals surface area contributed by atoms with Gasteiger partial charge >= 0.3 is 0 Å². The van der Waals surface area contributed by atoms with Gasteiger partial charge in [0, 0.05) is 5.75 Å². The van der Waals surface area contributed by atoms with Gasteiger partial charge in [-0.2, -0.15) is 0 Å². The lowest BCUT2D eigenvalue weighted by Gasteiger charge is -2.04. The summed E-state index contributed by atoms with van der Waals surface area (Å²) in [6, 6.07) is 4.83. The molecular weight excluding hydrogens is 243 g/mol. The number of ether oxygens (including phenoxy) is 1. The van der Waals surface area contributed by atoms with Crippen molar-refractivity contribution in [3.63, 3.8) is 0 Å². The molecule has 2 N–H and O–H groups in total. The molecule has 1 aromatic carbocycles. The second kappa shape index (κ2) is 5.05. The summed E-state index contributed by atoms with van der Waals surface area (Å²) in [4.78, 5) is 0. The first kappa shape index (κ1) is 11.7. The Morgan fingerprint density at radius 1 is 1.53 bits per heavy atom. The van der Waals surface area contributed by atoms with Crippen molar-refractivity contribution in [2.45, 2.75) is 10.9 Å². The molecule has 7 heteroatoms. The van der Waals surface area contributed by atoms with Crippen LogP contribution < -0.4 is 10.6 Å². The van der Waals surface area contributed by atoms with Gasteiger partial charge in [0.15, 0.2) is 11.6 Å². The Labute approximate surface area is 102 Å². The molecule has 90 valence electrons. The number of methoxy groups -OCH3 is 1. The molecule has 0 saturated heterocycles. The van der Waals surface area contributed by atoms with Gasteiger partial charge in [0.25, 0.3) is 0 Å². The van der Waals surface area contributed by atoms with Crippen molar-refractivity contribution in [2.75, 3.05) is 13.0 Å². The minimum atomic E-state index is -0.375. The second-order valence-electron chi connectivity index (χ2n) is 3.28. The molecule has 1 aromatic heterocycles. The van der Waals surface area contributed by atoms with Gasteiger partial charge in [-0.3, -0.25) is 0 Å². The molecule has 0 spiro atoms. The fourth-order valence-corrected chi connectivity index (χ4v) is 2.06. The number of halogens is 1. The first-order chi connectivity index (χ1) is 8.20. The summed E-state index contributed by atoms with van der Waals surface area (Å²) in [5, 5.41) is 8.06. The second-order valence-corrected chi connectivity index (χ2v) is 4.22. The number of thioether (sulfide) groups is 1. The number of aromatic nitrogens is 3. The predicted octanol–water partition coefficient (Wildman–Crippen LogP) is 1.43. The third-order valence-electron chi connectivity index (χ3n) is 2.12. The normalized spacial score (nSPS) is 10.5. The van der Waals surface area contributed by atoms with Crippen molar-refractivity contribution in [1.29, 1.82) is 0 Å². The van der Waals surface area contributed by atoms with Crippen LogP contribution in [0.15, 0.2) is 29.7 Å². The smallest absolute Gasteiger partial charge is 0.209 e. The van der Waals surface area contributed by atoms with Crippen LogP contribution in [0, 0.1) is 5.82 Å². The summed E-state index contributed by atoms with van der Waals surface area (Å²) in [7, 11) is 1.43. The van der Waals surface area contributed by atoms with Crippen LogP contribution in [0.3, 0.4) is 0 Å². The zero-order chi connectivity index (χ0) is 12.3. The number of rotatable bonds is 4. The lowest BCUT2D eigenvalue weighted by molar-refractivity contribution is 0.386. The van der Waals surface area contributed by atoms with Crippen LogP contribution in [0.5, 0.6) is 5.75 Å². The lowest BCUT2D eigenvalue weighted by Crippen LogP contribution is -2.07. The molecule has 0 aliphatic carbocycles. The van der Waals surface area contributed by atoms with E-state index in [2.05, 4.69) is 10.2 Å². The Bertz CT molecular complexity index is 517. The Kier molecular flexibility index (Phi) is 3.48. The summed E-state index contributed by atoms with van der Waals surface area (Å²) < 4.78 is 19.6. The van der Waals surface area contributed by atoms with Crippen LogP contribution in [-0.2, 0) is 5.75 Å². The molecule has 1 heterocycles. The maximum atomic E-state index is 13.4. The highest BCUT2D eigenvalue weighted by atomic mass is 32.2. The number of benzene rings is 1. The summed E-state index contributed by atoms with van der Waals surface area (Å²) in [5.41, 5.74) is 0.830. The van der Waals surface area contributed by atoms with E-state index in [1.165, 1.54) is 35.9 Å². The van der Waals surface area contributed by atoms with E-state index in [-0.39, 0.29) is 11.6 Å².